The smallest absolute Gasteiger partial charge is 0.0932 e. The van der Waals surface area contributed by atoms with E-state index in [1.54, 1.807) is 0 Å². The molecule has 1 N–H and O–H groups in total. The molecule has 92 valence electrons. The highest BCUT2D eigenvalue weighted by molar-refractivity contribution is 4.70. The molecule has 0 radical (unpaired) electrons. The van der Waals surface area contributed by atoms with Crippen LogP contribution in [0.5, 0.6) is 0 Å². The standard InChI is InChI=1S/C10H21NO2.C2H6/c1-9(2)3-4-11-5-6-13-10(7-11)8-12;1-2/h9-10,12H,3-8H2,1-2H3;1-2H3. The molecule has 1 aliphatic heterocycles. The van der Waals surface area contributed by atoms with Crippen LogP contribution in [0.4, 0.5) is 0 Å². The number of hydrogen-bond donors (Lipinski definition) is 1. The van der Waals surface area contributed by atoms with Gasteiger partial charge in [0.25, 0.3) is 0 Å². The molecule has 1 aliphatic rings. The lowest BCUT2D eigenvalue weighted by Gasteiger charge is -2.32. The summed E-state index contributed by atoms with van der Waals surface area (Å²) in [6, 6.07) is 0. The first-order valence-electron chi connectivity index (χ1n) is 6.17. The predicted octanol–water partition coefficient (Wildman–Crippen LogP) is 1.75. The van der Waals surface area contributed by atoms with Crippen LogP contribution in [-0.2, 0) is 4.74 Å². The summed E-state index contributed by atoms with van der Waals surface area (Å²) in [4.78, 5) is 2.38. The van der Waals surface area contributed by atoms with Crippen LogP contribution in [0.25, 0.3) is 0 Å². The van der Waals surface area contributed by atoms with E-state index in [0.29, 0.717) is 0 Å². The van der Waals surface area contributed by atoms with Gasteiger partial charge in [0, 0.05) is 13.1 Å². The highest BCUT2D eigenvalue weighted by atomic mass is 16.5. The first-order chi connectivity index (χ1) is 7.22. The zero-order valence-electron chi connectivity index (χ0n) is 10.7. The molecule has 1 atom stereocenters. The van der Waals surface area contributed by atoms with E-state index in [4.69, 9.17) is 9.84 Å². The van der Waals surface area contributed by atoms with Gasteiger partial charge in [0.2, 0.25) is 0 Å². The number of rotatable bonds is 4. The summed E-state index contributed by atoms with van der Waals surface area (Å²) >= 11 is 0. The van der Waals surface area contributed by atoms with Gasteiger partial charge >= 0.3 is 0 Å². The lowest BCUT2D eigenvalue weighted by Crippen LogP contribution is -2.44. The number of morpholine rings is 1. The van der Waals surface area contributed by atoms with E-state index in [2.05, 4.69) is 18.7 Å². The Morgan fingerprint density at radius 2 is 2.07 bits per heavy atom. The average Bonchev–Trinajstić information content (AvgIpc) is 2.29. The van der Waals surface area contributed by atoms with Gasteiger partial charge in [-0.15, -0.1) is 0 Å². The predicted molar refractivity (Wildman–Crippen MR) is 64.1 cm³/mol. The highest BCUT2D eigenvalue weighted by Gasteiger charge is 2.18. The van der Waals surface area contributed by atoms with Gasteiger partial charge in [-0.2, -0.15) is 0 Å². The van der Waals surface area contributed by atoms with Crippen LogP contribution in [0.1, 0.15) is 34.1 Å². The maximum Gasteiger partial charge on any atom is 0.0932 e. The molecule has 1 unspecified atom stereocenters. The van der Waals surface area contributed by atoms with E-state index in [1.807, 2.05) is 13.8 Å². The largest absolute Gasteiger partial charge is 0.394 e. The first kappa shape index (κ1) is 14.9. The Balaban J connectivity index is 0.000000921. The van der Waals surface area contributed by atoms with Gasteiger partial charge in [-0.25, -0.2) is 0 Å². The Morgan fingerprint density at radius 3 is 2.60 bits per heavy atom. The van der Waals surface area contributed by atoms with Crippen LogP contribution in [0, 0.1) is 5.92 Å². The van der Waals surface area contributed by atoms with Crippen LogP contribution in [0.2, 0.25) is 0 Å². The van der Waals surface area contributed by atoms with Gasteiger partial charge < -0.3 is 9.84 Å². The van der Waals surface area contributed by atoms with Crippen molar-refractivity contribution in [2.24, 2.45) is 5.92 Å². The van der Waals surface area contributed by atoms with E-state index < -0.39 is 0 Å². The third kappa shape index (κ3) is 6.88. The summed E-state index contributed by atoms with van der Waals surface area (Å²) in [6.45, 7) is 12.4. The third-order valence-corrected chi connectivity index (χ3v) is 2.45. The molecule has 0 amide bonds. The summed E-state index contributed by atoms with van der Waals surface area (Å²) in [6.07, 6.45) is 1.28. The number of ether oxygens (including phenoxy) is 1. The molecule has 0 aromatic rings. The number of hydrogen-bond acceptors (Lipinski definition) is 3. The van der Waals surface area contributed by atoms with Crippen molar-refractivity contribution < 1.29 is 9.84 Å². The lowest BCUT2D eigenvalue weighted by molar-refractivity contribution is -0.0534. The summed E-state index contributed by atoms with van der Waals surface area (Å²) in [5, 5.41) is 8.93. The van der Waals surface area contributed by atoms with Crippen LogP contribution >= 0.6 is 0 Å². The van der Waals surface area contributed by atoms with Crippen molar-refractivity contribution in [2.45, 2.75) is 40.2 Å². The van der Waals surface area contributed by atoms with Gasteiger partial charge in [-0.3, -0.25) is 4.90 Å². The van der Waals surface area contributed by atoms with Crippen LogP contribution in [0.15, 0.2) is 0 Å². The molecule has 1 rings (SSSR count). The molecule has 1 saturated heterocycles. The zero-order valence-corrected chi connectivity index (χ0v) is 10.7. The van der Waals surface area contributed by atoms with E-state index in [0.717, 1.165) is 32.2 Å². The Hall–Kier alpha value is -0.120. The van der Waals surface area contributed by atoms with Crippen LogP contribution < -0.4 is 0 Å². The topological polar surface area (TPSA) is 32.7 Å². The Labute approximate surface area is 94.4 Å². The van der Waals surface area contributed by atoms with Crippen molar-refractivity contribution in [1.82, 2.24) is 4.90 Å². The average molecular weight is 217 g/mol. The summed E-state index contributed by atoms with van der Waals surface area (Å²) in [5.41, 5.74) is 0. The molecule has 0 aromatic carbocycles. The molecule has 1 heterocycles. The Bertz CT molecular complexity index is 140. The van der Waals surface area contributed by atoms with Crippen molar-refractivity contribution in [3.63, 3.8) is 0 Å². The Morgan fingerprint density at radius 1 is 1.40 bits per heavy atom. The molecule has 3 heteroatoms. The van der Waals surface area contributed by atoms with Gasteiger partial charge in [0.1, 0.15) is 0 Å². The normalized spacial score (nSPS) is 22.4. The van der Waals surface area contributed by atoms with Gasteiger partial charge in [0.15, 0.2) is 0 Å². The molecule has 0 saturated carbocycles. The van der Waals surface area contributed by atoms with Crippen molar-refractivity contribution in [1.29, 1.82) is 0 Å². The SMILES string of the molecule is CC.CC(C)CCN1CCOC(CO)C1. The minimum absolute atomic E-state index is 0.0425. The minimum Gasteiger partial charge on any atom is -0.394 e. The Kier molecular flexibility index (Phi) is 9.06. The molecular weight excluding hydrogens is 190 g/mol. The molecule has 3 nitrogen and oxygen atoms in total. The fourth-order valence-corrected chi connectivity index (χ4v) is 1.53. The summed E-state index contributed by atoms with van der Waals surface area (Å²) < 4.78 is 5.37. The van der Waals surface area contributed by atoms with E-state index in [-0.39, 0.29) is 12.7 Å². The van der Waals surface area contributed by atoms with E-state index >= 15 is 0 Å². The highest BCUT2D eigenvalue weighted by Crippen LogP contribution is 2.07. The molecule has 0 spiro atoms. The van der Waals surface area contributed by atoms with Gasteiger partial charge in [-0.1, -0.05) is 27.7 Å². The molecule has 0 aromatic heterocycles. The van der Waals surface area contributed by atoms with Gasteiger partial charge in [0.05, 0.1) is 19.3 Å². The van der Waals surface area contributed by atoms with Crippen LogP contribution in [0.3, 0.4) is 0 Å². The van der Waals surface area contributed by atoms with Crippen molar-refractivity contribution in [3.05, 3.63) is 0 Å². The van der Waals surface area contributed by atoms with Crippen LogP contribution in [-0.4, -0.2) is 49.0 Å². The fraction of sp³-hybridized carbons (Fsp3) is 1.00. The van der Waals surface area contributed by atoms with Crippen molar-refractivity contribution >= 4 is 0 Å². The molecule has 0 aliphatic carbocycles. The zero-order chi connectivity index (χ0) is 11.7. The molecule has 1 fully saturated rings. The maximum absolute atomic E-state index is 8.93. The van der Waals surface area contributed by atoms with Gasteiger partial charge in [-0.05, 0) is 18.9 Å². The summed E-state index contributed by atoms with van der Waals surface area (Å²) in [5.74, 6) is 0.760. The quantitative estimate of drug-likeness (QED) is 0.779. The minimum atomic E-state index is 0.0425. The monoisotopic (exact) mass is 217 g/mol. The second-order valence-corrected chi connectivity index (χ2v) is 4.16. The van der Waals surface area contributed by atoms with Crippen molar-refractivity contribution in [3.8, 4) is 0 Å². The summed E-state index contributed by atoms with van der Waals surface area (Å²) in [7, 11) is 0. The number of nitrogens with zero attached hydrogens (tertiary/aromatic N) is 1. The van der Waals surface area contributed by atoms with E-state index in [1.165, 1.54) is 6.42 Å². The lowest BCUT2D eigenvalue weighted by atomic mass is 10.1. The van der Waals surface area contributed by atoms with Crippen molar-refractivity contribution in [2.75, 3.05) is 32.8 Å². The fourth-order valence-electron chi connectivity index (χ4n) is 1.53. The second-order valence-electron chi connectivity index (χ2n) is 4.16. The molecular formula is C12H27NO2. The number of aliphatic hydroxyl groups excluding tert-OH is 1. The van der Waals surface area contributed by atoms with E-state index in [9.17, 15) is 0 Å². The number of aliphatic hydroxyl groups is 1. The first-order valence-corrected chi connectivity index (χ1v) is 6.17. The molecule has 0 bridgehead atoms. The second kappa shape index (κ2) is 9.13. The third-order valence-electron chi connectivity index (χ3n) is 2.45. The molecule has 15 heavy (non-hydrogen) atoms. The maximum atomic E-state index is 8.93.